The molecule has 0 spiro atoms. The van der Waals surface area contributed by atoms with Gasteiger partial charge in [0, 0.05) is 0 Å². The second kappa shape index (κ2) is 9.59. The molecular formula is C29H35IN2O. The monoisotopic (exact) mass is 554 g/mol. The first kappa shape index (κ1) is 24.0. The molecule has 0 aromatic heterocycles. The van der Waals surface area contributed by atoms with Gasteiger partial charge in [0.25, 0.3) is 0 Å². The van der Waals surface area contributed by atoms with Crippen molar-refractivity contribution in [1.29, 1.82) is 0 Å². The standard InChI is InChI=1S/C29H35IN2O/c1-20(33-19-21-11-9-8-10-12-21)28-24-15-13-22(31(5)6)17-26(24)29(2,3)27-18-23(32(7)30-4)14-16-25(27)28/h8-18,20H,19H2,1-7H3/b32-23+. The summed E-state index contributed by atoms with van der Waals surface area (Å²) >= 11 is -0.00846. The molecule has 0 amide bonds. The number of halogens is 1. The Hall–Kier alpha value is -2.18. The molecule has 0 saturated heterocycles. The number of allylic oxidation sites excluding steroid dienone is 5. The normalized spacial score (nSPS) is 19.1. The second-order valence-electron chi connectivity index (χ2n) is 9.48. The van der Waals surface area contributed by atoms with Crippen molar-refractivity contribution in [2.75, 3.05) is 31.0 Å². The van der Waals surface area contributed by atoms with Crippen LogP contribution in [0.3, 0.4) is 0 Å². The Morgan fingerprint density at radius 1 is 1.06 bits per heavy atom. The molecule has 4 rings (SSSR count). The van der Waals surface area contributed by atoms with Gasteiger partial charge in [-0.25, -0.2) is 0 Å². The predicted molar refractivity (Wildman–Crippen MR) is 136 cm³/mol. The zero-order valence-electron chi connectivity index (χ0n) is 20.8. The van der Waals surface area contributed by atoms with E-state index in [2.05, 4.69) is 115 Å². The Morgan fingerprint density at radius 3 is 2.45 bits per heavy atom. The minimum absolute atomic E-state index is 0.00846. The van der Waals surface area contributed by atoms with Crippen LogP contribution in [0.25, 0.3) is 5.57 Å². The Balaban J connectivity index is 1.86. The molecule has 1 unspecified atom stereocenters. The quantitative estimate of drug-likeness (QED) is 0.310. The summed E-state index contributed by atoms with van der Waals surface area (Å²) in [6.45, 7) is 7.53. The van der Waals surface area contributed by atoms with Gasteiger partial charge in [-0.3, -0.25) is 0 Å². The molecule has 2 aliphatic rings. The van der Waals surface area contributed by atoms with Crippen molar-refractivity contribution in [3.05, 3.63) is 94.6 Å². The molecule has 1 atom stereocenters. The van der Waals surface area contributed by atoms with Gasteiger partial charge in [-0.1, -0.05) is 6.07 Å². The first-order valence-electron chi connectivity index (χ1n) is 11.5. The van der Waals surface area contributed by atoms with E-state index >= 15 is 0 Å². The maximum absolute atomic E-state index is 6.47. The van der Waals surface area contributed by atoms with Gasteiger partial charge >= 0.3 is 204 Å². The molecule has 0 fully saturated rings. The fourth-order valence-corrected chi connectivity index (χ4v) is 5.60. The van der Waals surface area contributed by atoms with E-state index in [9.17, 15) is 0 Å². The summed E-state index contributed by atoms with van der Waals surface area (Å²) in [6.07, 6.45) is 6.99. The van der Waals surface area contributed by atoms with Gasteiger partial charge in [-0.05, 0) is 0 Å². The Labute approximate surface area is 209 Å². The third-order valence-corrected chi connectivity index (χ3v) is 8.81. The predicted octanol–water partition coefficient (Wildman–Crippen LogP) is 2.62. The van der Waals surface area contributed by atoms with E-state index in [1.54, 1.807) is 0 Å². The average Bonchev–Trinajstić information content (AvgIpc) is 2.82. The van der Waals surface area contributed by atoms with E-state index in [0.29, 0.717) is 6.61 Å². The van der Waals surface area contributed by atoms with Crippen LogP contribution in [0, 0.1) is 0 Å². The number of hydrogen-bond donors (Lipinski definition) is 0. The summed E-state index contributed by atoms with van der Waals surface area (Å²) in [6, 6.07) is 17.3. The van der Waals surface area contributed by atoms with Crippen molar-refractivity contribution in [3.8, 4) is 0 Å². The third-order valence-electron chi connectivity index (χ3n) is 6.81. The van der Waals surface area contributed by atoms with Crippen LogP contribution < -0.4 is 26.4 Å². The summed E-state index contributed by atoms with van der Waals surface area (Å²) in [5.41, 5.74) is 10.3. The van der Waals surface area contributed by atoms with Crippen LogP contribution in [0.2, 0.25) is 0 Å². The van der Waals surface area contributed by atoms with Crippen molar-refractivity contribution in [2.24, 2.45) is 0 Å². The molecule has 0 heterocycles. The van der Waals surface area contributed by atoms with Gasteiger partial charge in [0.1, 0.15) is 0 Å². The van der Waals surface area contributed by atoms with E-state index in [1.165, 1.54) is 44.8 Å². The molecule has 0 bridgehead atoms. The first-order chi connectivity index (χ1) is 15.7. The number of nitrogens with zero attached hydrogens (tertiary/aromatic N) is 2. The van der Waals surface area contributed by atoms with E-state index in [4.69, 9.17) is 4.74 Å². The van der Waals surface area contributed by atoms with Gasteiger partial charge in [0.2, 0.25) is 0 Å². The molecule has 0 N–H and O–H groups in total. The summed E-state index contributed by atoms with van der Waals surface area (Å²) in [4.78, 5) is 4.49. The van der Waals surface area contributed by atoms with Gasteiger partial charge in [0.05, 0.1) is 0 Å². The zero-order valence-corrected chi connectivity index (χ0v) is 23.0. The summed E-state index contributed by atoms with van der Waals surface area (Å²) in [5.74, 6) is 0. The number of benzene rings is 2. The Bertz CT molecular complexity index is 1170. The number of fused-ring (bicyclic) bond motifs is 2. The number of rotatable bonds is 6. The van der Waals surface area contributed by atoms with Crippen LogP contribution in [-0.4, -0.2) is 40.7 Å². The van der Waals surface area contributed by atoms with E-state index in [-0.39, 0.29) is 33.0 Å². The SMILES string of the molecule is C[I-]/[N+](C)=C1\C=CC2=C(C(C)OCc3ccccc3)c3ccc(N(C)C)cc3C(C)(C)C2=C1. The number of anilines is 1. The number of ether oxygens (including phenoxy) is 1. The third kappa shape index (κ3) is 4.60. The zero-order chi connectivity index (χ0) is 23.8. The molecule has 0 saturated carbocycles. The molecule has 174 valence electrons. The average molecular weight is 555 g/mol. The Morgan fingerprint density at radius 2 is 1.79 bits per heavy atom. The fraction of sp³-hybridized carbons (Fsp3) is 0.345. The second-order valence-corrected chi connectivity index (χ2v) is 11.9. The van der Waals surface area contributed by atoms with Crippen LogP contribution in [0.5, 0.6) is 0 Å². The van der Waals surface area contributed by atoms with Crippen molar-refractivity contribution in [3.63, 3.8) is 0 Å². The van der Waals surface area contributed by atoms with Crippen molar-refractivity contribution < 1.29 is 29.0 Å². The molecule has 2 aromatic rings. The van der Waals surface area contributed by atoms with Crippen LogP contribution in [0.1, 0.15) is 37.5 Å². The van der Waals surface area contributed by atoms with Gasteiger partial charge in [-0.15, -0.1) is 0 Å². The molecule has 3 nitrogen and oxygen atoms in total. The minimum atomic E-state index is -0.0950. The molecule has 4 heteroatoms. The van der Waals surface area contributed by atoms with E-state index in [0.717, 1.165) is 0 Å². The van der Waals surface area contributed by atoms with E-state index in [1.807, 2.05) is 6.07 Å². The molecule has 2 aliphatic carbocycles. The number of hydrogen-bond acceptors (Lipinski definition) is 2. The van der Waals surface area contributed by atoms with Gasteiger partial charge in [0.15, 0.2) is 0 Å². The maximum atomic E-state index is 6.47. The number of alkyl halides is 1. The van der Waals surface area contributed by atoms with Crippen molar-refractivity contribution >= 4 is 17.0 Å². The van der Waals surface area contributed by atoms with Gasteiger partial charge in [-0.2, -0.15) is 0 Å². The van der Waals surface area contributed by atoms with E-state index < -0.39 is 0 Å². The molecule has 2 aromatic carbocycles. The van der Waals surface area contributed by atoms with Crippen LogP contribution in [0.15, 0.2) is 77.9 Å². The molecule has 0 radical (unpaired) electrons. The summed E-state index contributed by atoms with van der Waals surface area (Å²) in [5, 5.41) is 0. The fourth-order valence-electron chi connectivity index (χ4n) is 4.74. The molecule has 0 aliphatic heterocycles. The van der Waals surface area contributed by atoms with Crippen LogP contribution >= 0.6 is 0 Å². The van der Waals surface area contributed by atoms with Crippen molar-refractivity contribution in [2.45, 2.75) is 38.9 Å². The summed E-state index contributed by atoms with van der Waals surface area (Å²) in [7, 11) is 6.43. The van der Waals surface area contributed by atoms with Gasteiger partial charge < -0.3 is 0 Å². The first-order valence-corrected chi connectivity index (χ1v) is 14.6. The molecular weight excluding hydrogens is 519 g/mol. The topological polar surface area (TPSA) is 15.5 Å². The van der Waals surface area contributed by atoms with Crippen LogP contribution in [-0.2, 0) is 16.8 Å². The molecule has 33 heavy (non-hydrogen) atoms. The van der Waals surface area contributed by atoms with Crippen molar-refractivity contribution in [1.82, 2.24) is 0 Å². The Kier molecular flexibility index (Phi) is 6.96. The summed E-state index contributed by atoms with van der Waals surface area (Å²) < 4.78 is 8.89. The van der Waals surface area contributed by atoms with Crippen LogP contribution in [0.4, 0.5) is 5.69 Å².